The average Bonchev–Trinajstić information content (AvgIpc) is 3.47. The summed E-state index contributed by atoms with van der Waals surface area (Å²) in [7, 11) is 0. The molecule has 1 saturated heterocycles. The number of nitrogens with one attached hydrogen (secondary N) is 1. The topological polar surface area (TPSA) is 89.5 Å². The number of hydrogen-bond acceptors (Lipinski definition) is 4. The van der Waals surface area contributed by atoms with Gasteiger partial charge in [0.1, 0.15) is 5.75 Å². The number of phenolic OH excluding ortho intramolecular Hbond substituents is 1. The van der Waals surface area contributed by atoms with Crippen molar-refractivity contribution in [3.05, 3.63) is 47.0 Å². The Morgan fingerprint density at radius 2 is 1.97 bits per heavy atom. The van der Waals surface area contributed by atoms with Crippen molar-refractivity contribution in [1.82, 2.24) is 19.8 Å². The number of amides is 2. The van der Waals surface area contributed by atoms with Crippen LogP contribution in [0.1, 0.15) is 53.0 Å². The minimum atomic E-state index is -0.432. The number of carbonyl (C=O) groups excluding carboxylic acids is 2. The molecular weight excluding hydrogens is 368 g/mol. The number of phenols is 1. The van der Waals surface area contributed by atoms with Crippen LogP contribution in [0.5, 0.6) is 5.75 Å². The van der Waals surface area contributed by atoms with Crippen molar-refractivity contribution < 1.29 is 14.7 Å². The Hall–Kier alpha value is -2.83. The van der Waals surface area contributed by atoms with Crippen molar-refractivity contribution in [3.63, 3.8) is 0 Å². The molecule has 0 radical (unpaired) electrons. The molecule has 2 aliphatic heterocycles. The molecule has 2 amide bonds. The standard InChI is InChI=1S/C22H26N4O3/c1-14-2-5-18(27)16(12-14)21(29)25-10-7-22(8-11-25)19-17(23-13-24-19)6-9-26(22)20(28)15-3-4-15/h2,5,12-13,15,27H,3-4,6-11H2,1H3,(H,23,24). The van der Waals surface area contributed by atoms with Gasteiger partial charge in [0.05, 0.1) is 23.1 Å². The lowest BCUT2D eigenvalue weighted by molar-refractivity contribution is -0.143. The predicted octanol–water partition coefficient (Wildman–Crippen LogP) is 2.35. The van der Waals surface area contributed by atoms with Crippen molar-refractivity contribution in [2.75, 3.05) is 19.6 Å². The first-order chi connectivity index (χ1) is 14.0. The molecule has 3 aliphatic rings. The summed E-state index contributed by atoms with van der Waals surface area (Å²) >= 11 is 0. The molecule has 7 nitrogen and oxygen atoms in total. The molecule has 2 N–H and O–H groups in total. The van der Waals surface area contributed by atoms with Crippen LogP contribution in [0.25, 0.3) is 0 Å². The third-order valence-corrected chi connectivity index (χ3v) is 6.71. The smallest absolute Gasteiger partial charge is 0.257 e. The summed E-state index contributed by atoms with van der Waals surface area (Å²) in [6.07, 6.45) is 5.82. The number of carbonyl (C=O) groups is 2. The van der Waals surface area contributed by atoms with Gasteiger partial charge in [-0.1, -0.05) is 11.6 Å². The van der Waals surface area contributed by atoms with E-state index in [1.54, 1.807) is 29.4 Å². The highest BCUT2D eigenvalue weighted by atomic mass is 16.3. The molecule has 5 rings (SSSR count). The Morgan fingerprint density at radius 3 is 2.69 bits per heavy atom. The van der Waals surface area contributed by atoms with Crippen LogP contribution < -0.4 is 0 Å². The number of aromatic amines is 1. The molecule has 3 heterocycles. The molecule has 2 aromatic rings. The molecule has 29 heavy (non-hydrogen) atoms. The van der Waals surface area contributed by atoms with Crippen LogP contribution in [0.4, 0.5) is 0 Å². The molecule has 1 aliphatic carbocycles. The number of benzene rings is 1. The predicted molar refractivity (Wildman–Crippen MR) is 106 cm³/mol. The Kier molecular flexibility index (Phi) is 4.15. The minimum Gasteiger partial charge on any atom is -0.507 e. The van der Waals surface area contributed by atoms with Crippen molar-refractivity contribution in [2.24, 2.45) is 5.92 Å². The van der Waals surface area contributed by atoms with Crippen LogP contribution in [0, 0.1) is 12.8 Å². The second-order valence-corrected chi connectivity index (χ2v) is 8.59. The highest BCUT2D eigenvalue weighted by Gasteiger charge is 2.51. The first kappa shape index (κ1) is 18.2. The maximum atomic E-state index is 13.1. The maximum Gasteiger partial charge on any atom is 0.257 e. The van der Waals surface area contributed by atoms with Crippen LogP contribution >= 0.6 is 0 Å². The quantitative estimate of drug-likeness (QED) is 0.818. The van der Waals surface area contributed by atoms with E-state index < -0.39 is 5.54 Å². The summed E-state index contributed by atoms with van der Waals surface area (Å²) in [6, 6.07) is 5.10. The fraction of sp³-hybridized carbons (Fsp3) is 0.500. The van der Waals surface area contributed by atoms with E-state index in [1.165, 1.54) is 0 Å². The number of aromatic nitrogens is 2. The van der Waals surface area contributed by atoms with E-state index in [-0.39, 0.29) is 23.5 Å². The highest BCUT2D eigenvalue weighted by Crippen LogP contribution is 2.45. The molecule has 7 heteroatoms. The first-order valence-electron chi connectivity index (χ1n) is 10.4. The zero-order chi connectivity index (χ0) is 20.2. The van der Waals surface area contributed by atoms with Crippen LogP contribution in [0.2, 0.25) is 0 Å². The van der Waals surface area contributed by atoms with Crippen LogP contribution in [-0.4, -0.2) is 56.3 Å². The van der Waals surface area contributed by atoms with E-state index in [9.17, 15) is 14.7 Å². The zero-order valence-electron chi connectivity index (χ0n) is 16.6. The number of likely N-dealkylation sites (tertiary alicyclic amines) is 1. The number of aryl methyl sites for hydroxylation is 1. The van der Waals surface area contributed by atoms with E-state index in [0.717, 1.165) is 36.2 Å². The average molecular weight is 394 g/mol. The molecule has 2 fully saturated rings. The number of rotatable bonds is 2. The molecular formula is C22H26N4O3. The third kappa shape index (κ3) is 2.91. The number of imidazole rings is 1. The molecule has 0 bridgehead atoms. The lowest BCUT2D eigenvalue weighted by Crippen LogP contribution is -2.59. The summed E-state index contributed by atoms with van der Waals surface area (Å²) in [5.74, 6) is 0.267. The Bertz CT molecular complexity index is 970. The fourth-order valence-electron chi connectivity index (χ4n) is 4.93. The SMILES string of the molecule is Cc1ccc(O)c(C(=O)N2CCC3(CC2)c2nc[nH]c2CCN3C(=O)C2CC2)c1. The van der Waals surface area contributed by atoms with Gasteiger partial charge >= 0.3 is 0 Å². The summed E-state index contributed by atoms with van der Waals surface area (Å²) in [5, 5.41) is 10.1. The molecule has 1 aromatic carbocycles. The second kappa shape index (κ2) is 6.61. The van der Waals surface area contributed by atoms with Gasteiger partial charge in [-0.15, -0.1) is 0 Å². The maximum absolute atomic E-state index is 13.1. The van der Waals surface area contributed by atoms with Gasteiger partial charge in [-0.05, 0) is 44.7 Å². The van der Waals surface area contributed by atoms with Crippen LogP contribution in [0.3, 0.4) is 0 Å². The van der Waals surface area contributed by atoms with E-state index in [0.29, 0.717) is 38.0 Å². The van der Waals surface area contributed by atoms with Crippen molar-refractivity contribution >= 4 is 11.8 Å². The zero-order valence-corrected chi connectivity index (χ0v) is 16.6. The lowest BCUT2D eigenvalue weighted by Gasteiger charge is -2.50. The van der Waals surface area contributed by atoms with Crippen LogP contribution in [0.15, 0.2) is 24.5 Å². The fourth-order valence-corrected chi connectivity index (χ4v) is 4.93. The number of nitrogens with zero attached hydrogens (tertiary/aromatic N) is 3. The third-order valence-electron chi connectivity index (χ3n) is 6.71. The van der Waals surface area contributed by atoms with Crippen molar-refractivity contribution in [1.29, 1.82) is 0 Å². The summed E-state index contributed by atoms with van der Waals surface area (Å²) in [4.78, 5) is 37.8. The van der Waals surface area contributed by atoms with E-state index in [2.05, 4.69) is 14.9 Å². The van der Waals surface area contributed by atoms with E-state index in [4.69, 9.17) is 0 Å². The number of fused-ring (bicyclic) bond motifs is 2. The van der Waals surface area contributed by atoms with Gasteiger partial charge in [0.2, 0.25) is 5.91 Å². The molecule has 1 saturated carbocycles. The highest BCUT2D eigenvalue weighted by molar-refractivity contribution is 5.97. The van der Waals surface area contributed by atoms with Gasteiger partial charge in [-0.3, -0.25) is 9.59 Å². The Balaban J connectivity index is 1.42. The molecule has 1 spiro atoms. The minimum absolute atomic E-state index is 0.0127. The van der Waals surface area contributed by atoms with E-state index >= 15 is 0 Å². The largest absolute Gasteiger partial charge is 0.507 e. The van der Waals surface area contributed by atoms with Gasteiger partial charge in [-0.25, -0.2) is 4.98 Å². The molecule has 152 valence electrons. The van der Waals surface area contributed by atoms with E-state index in [1.807, 2.05) is 6.92 Å². The molecule has 0 atom stereocenters. The number of aromatic hydroxyl groups is 1. The van der Waals surface area contributed by atoms with Gasteiger partial charge in [-0.2, -0.15) is 0 Å². The number of hydrogen-bond donors (Lipinski definition) is 2. The Morgan fingerprint density at radius 1 is 1.21 bits per heavy atom. The second-order valence-electron chi connectivity index (χ2n) is 8.59. The van der Waals surface area contributed by atoms with Crippen molar-refractivity contribution in [3.8, 4) is 5.75 Å². The van der Waals surface area contributed by atoms with Crippen LogP contribution in [-0.2, 0) is 16.8 Å². The summed E-state index contributed by atoms with van der Waals surface area (Å²) in [6.45, 7) is 3.68. The normalized spacial score (nSPS) is 20.6. The van der Waals surface area contributed by atoms with Gasteiger partial charge in [0.15, 0.2) is 0 Å². The molecule has 1 aromatic heterocycles. The monoisotopic (exact) mass is 394 g/mol. The first-order valence-corrected chi connectivity index (χ1v) is 10.4. The van der Waals surface area contributed by atoms with Gasteiger partial charge in [0.25, 0.3) is 5.91 Å². The number of piperidine rings is 1. The van der Waals surface area contributed by atoms with Gasteiger partial charge in [0, 0.05) is 37.7 Å². The summed E-state index contributed by atoms with van der Waals surface area (Å²) in [5.41, 5.74) is 2.94. The van der Waals surface area contributed by atoms with Crippen molar-refractivity contribution in [2.45, 2.75) is 44.6 Å². The summed E-state index contributed by atoms with van der Waals surface area (Å²) < 4.78 is 0. The number of H-pyrrole nitrogens is 1. The molecule has 0 unspecified atom stereocenters. The Labute approximate surface area is 169 Å². The van der Waals surface area contributed by atoms with Gasteiger partial charge < -0.3 is 19.9 Å². The lowest BCUT2D eigenvalue weighted by atomic mass is 9.78.